The molecular weight excluding hydrogens is 254 g/mol. The van der Waals surface area contributed by atoms with E-state index in [1.165, 1.54) is 0 Å². The highest BCUT2D eigenvalue weighted by Gasteiger charge is 2.24. The van der Waals surface area contributed by atoms with Crippen LogP contribution < -0.4 is 4.74 Å². The lowest BCUT2D eigenvalue weighted by Gasteiger charge is -2.20. The van der Waals surface area contributed by atoms with Gasteiger partial charge in [0.1, 0.15) is 11.5 Å². The molecule has 0 amide bonds. The predicted molar refractivity (Wildman–Crippen MR) is 75.7 cm³/mol. The summed E-state index contributed by atoms with van der Waals surface area (Å²) in [6, 6.07) is 13.6. The molecule has 0 aliphatic carbocycles. The Labute approximate surface area is 118 Å². The normalized spacial score (nSPS) is 19.4. The number of aliphatic hydroxyl groups is 1. The summed E-state index contributed by atoms with van der Waals surface area (Å²) in [4.78, 5) is 2.26. The van der Waals surface area contributed by atoms with Crippen LogP contribution in [0.3, 0.4) is 0 Å². The third kappa shape index (κ3) is 3.03. The third-order valence-electron chi connectivity index (χ3n) is 3.67. The summed E-state index contributed by atoms with van der Waals surface area (Å²) in [5.74, 6) is 2.14. The van der Waals surface area contributed by atoms with Gasteiger partial charge in [0.05, 0.1) is 13.2 Å². The maximum absolute atomic E-state index is 9.32. The minimum absolute atomic E-state index is 0.216. The Kier molecular flexibility index (Phi) is 4.04. The van der Waals surface area contributed by atoms with E-state index in [0.29, 0.717) is 5.95 Å². The van der Waals surface area contributed by atoms with Gasteiger partial charge in [0.15, 0.2) is 0 Å². The van der Waals surface area contributed by atoms with Crippen LogP contribution in [0.2, 0.25) is 0 Å². The van der Waals surface area contributed by atoms with Crippen molar-refractivity contribution in [1.82, 2.24) is 4.90 Å². The number of hydrogen-bond donors (Lipinski definition) is 1. The SMILES string of the molecule is OC[C@H]1CCCN1Cc1ccc(Oc2ccccc2)o1. The topological polar surface area (TPSA) is 45.8 Å². The van der Waals surface area contributed by atoms with Crippen molar-refractivity contribution >= 4 is 0 Å². The molecule has 20 heavy (non-hydrogen) atoms. The van der Waals surface area contributed by atoms with Gasteiger partial charge < -0.3 is 14.3 Å². The van der Waals surface area contributed by atoms with Crippen LogP contribution in [0.5, 0.6) is 11.7 Å². The van der Waals surface area contributed by atoms with Gasteiger partial charge in [-0.05, 0) is 37.6 Å². The van der Waals surface area contributed by atoms with Crippen LogP contribution in [0, 0.1) is 0 Å². The first-order valence-electron chi connectivity index (χ1n) is 7.01. The molecule has 106 valence electrons. The quantitative estimate of drug-likeness (QED) is 0.909. The molecule has 2 heterocycles. The van der Waals surface area contributed by atoms with E-state index < -0.39 is 0 Å². The largest absolute Gasteiger partial charge is 0.429 e. The molecule has 3 rings (SSSR count). The predicted octanol–water partition coefficient (Wildman–Crippen LogP) is 3.03. The van der Waals surface area contributed by atoms with Crippen molar-refractivity contribution in [2.24, 2.45) is 0 Å². The monoisotopic (exact) mass is 273 g/mol. The van der Waals surface area contributed by atoms with Gasteiger partial charge in [-0.3, -0.25) is 4.90 Å². The molecule has 1 aromatic carbocycles. The minimum atomic E-state index is 0.216. The van der Waals surface area contributed by atoms with Gasteiger partial charge in [0, 0.05) is 12.1 Å². The summed E-state index contributed by atoms with van der Waals surface area (Å²) >= 11 is 0. The molecule has 1 aliphatic heterocycles. The first-order chi connectivity index (χ1) is 9.85. The second-order valence-corrected chi connectivity index (χ2v) is 5.08. The molecule has 0 unspecified atom stereocenters. The average Bonchev–Trinajstić information content (AvgIpc) is 3.10. The fraction of sp³-hybridized carbons (Fsp3) is 0.375. The molecule has 1 aliphatic rings. The van der Waals surface area contributed by atoms with E-state index in [9.17, 15) is 5.11 Å². The highest BCUT2D eigenvalue weighted by Crippen LogP contribution is 2.26. The number of ether oxygens (including phenoxy) is 1. The van der Waals surface area contributed by atoms with E-state index in [1.807, 2.05) is 42.5 Å². The molecule has 1 fully saturated rings. The van der Waals surface area contributed by atoms with Crippen molar-refractivity contribution < 1.29 is 14.3 Å². The van der Waals surface area contributed by atoms with Crippen LogP contribution in [-0.4, -0.2) is 29.2 Å². The van der Waals surface area contributed by atoms with Crippen molar-refractivity contribution in [3.8, 4) is 11.7 Å². The zero-order valence-electron chi connectivity index (χ0n) is 11.4. The van der Waals surface area contributed by atoms with Gasteiger partial charge in [-0.25, -0.2) is 0 Å². The Morgan fingerprint density at radius 3 is 2.85 bits per heavy atom. The van der Waals surface area contributed by atoms with E-state index in [0.717, 1.165) is 37.4 Å². The highest BCUT2D eigenvalue weighted by atomic mass is 16.6. The highest BCUT2D eigenvalue weighted by molar-refractivity contribution is 5.26. The zero-order valence-corrected chi connectivity index (χ0v) is 11.4. The molecule has 0 spiro atoms. The number of hydrogen-bond acceptors (Lipinski definition) is 4. The van der Waals surface area contributed by atoms with E-state index >= 15 is 0 Å². The van der Waals surface area contributed by atoms with Gasteiger partial charge in [-0.15, -0.1) is 0 Å². The third-order valence-corrected chi connectivity index (χ3v) is 3.67. The van der Waals surface area contributed by atoms with Crippen molar-refractivity contribution in [2.45, 2.75) is 25.4 Å². The van der Waals surface area contributed by atoms with Crippen molar-refractivity contribution in [1.29, 1.82) is 0 Å². The van der Waals surface area contributed by atoms with Crippen LogP contribution in [0.1, 0.15) is 18.6 Å². The Hall–Kier alpha value is -1.78. The van der Waals surface area contributed by atoms with Gasteiger partial charge in [0.25, 0.3) is 5.95 Å². The van der Waals surface area contributed by atoms with E-state index in [4.69, 9.17) is 9.15 Å². The van der Waals surface area contributed by atoms with Crippen LogP contribution in [0.15, 0.2) is 46.9 Å². The Balaban J connectivity index is 1.62. The molecular formula is C16H19NO3. The van der Waals surface area contributed by atoms with Crippen LogP contribution >= 0.6 is 0 Å². The van der Waals surface area contributed by atoms with Crippen LogP contribution in [0.25, 0.3) is 0 Å². The summed E-state index contributed by atoms with van der Waals surface area (Å²) in [5, 5.41) is 9.32. The Bertz CT molecular complexity index is 538. The second kappa shape index (κ2) is 6.11. The summed E-state index contributed by atoms with van der Waals surface area (Å²) in [6.45, 7) is 1.96. The molecule has 0 radical (unpaired) electrons. The standard InChI is InChI=1S/C16H19NO3/c18-12-13-5-4-10-17(13)11-15-8-9-16(20-15)19-14-6-2-1-3-7-14/h1-3,6-9,13,18H,4-5,10-12H2/t13-/m1/s1. The maximum atomic E-state index is 9.32. The number of benzene rings is 1. The van der Waals surface area contributed by atoms with Gasteiger partial charge >= 0.3 is 0 Å². The lowest BCUT2D eigenvalue weighted by atomic mass is 10.2. The number of nitrogens with zero attached hydrogens (tertiary/aromatic N) is 1. The molecule has 0 bridgehead atoms. The summed E-state index contributed by atoms with van der Waals surface area (Å²) in [6.07, 6.45) is 2.20. The number of furan rings is 1. The summed E-state index contributed by atoms with van der Waals surface area (Å²) < 4.78 is 11.3. The lowest BCUT2D eigenvalue weighted by molar-refractivity contribution is 0.144. The fourth-order valence-corrected chi connectivity index (χ4v) is 2.61. The lowest BCUT2D eigenvalue weighted by Crippen LogP contribution is -2.31. The van der Waals surface area contributed by atoms with Gasteiger partial charge in [-0.2, -0.15) is 0 Å². The second-order valence-electron chi connectivity index (χ2n) is 5.08. The van der Waals surface area contributed by atoms with Crippen molar-refractivity contribution in [3.63, 3.8) is 0 Å². The first-order valence-corrected chi connectivity index (χ1v) is 7.01. The number of para-hydroxylation sites is 1. The fourth-order valence-electron chi connectivity index (χ4n) is 2.61. The molecule has 2 aromatic rings. The van der Waals surface area contributed by atoms with Crippen molar-refractivity contribution in [3.05, 3.63) is 48.2 Å². The van der Waals surface area contributed by atoms with Gasteiger partial charge in [0.2, 0.25) is 0 Å². The van der Waals surface area contributed by atoms with E-state index in [1.54, 1.807) is 0 Å². The van der Waals surface area contributed by atoms with E-state index in [-0.39, 0.29) is 12.6 Å². The molecule has 1 aromatic heterocycles. The summed E-state index contributed by atoms with van der Waals surface area (Å²) in [5.41, 5.74) is 0. The van der Waals surface area contributed by atoms with Crippen molar-refractivity contribution in [2.75, 3.05) is 13.2 Å². The van der Waals surface area contributed by atoms with Crippen LogP contribution in [-0.2, 0) is 6.54 Å². The number of rotatable bonds is 5. The molecule has 1 saturated heterocycles. The molecule has 1 atom stereocenters. The smallest absolute Gasteiger partial charge is 0.290 e. The number of likely N-dealkylation sites (tertiary alicyclic amines) is 1. The minimum Gasteiger partial charge on any atom is -0.429 e. The maximum Gasteiger partial charge on any atom is 0.290 e. The molecule has 1 N–H and O–H groups in total. The Morgan fingerprint density at radius 1 is 1.20 bits per heavy atom. The molecule has 4 heteroatoms. The van der Waals surface area contributed by atoms with E-state index in [2.05, 4.69) is 4.90 Å². The average molecular weight is 273 g/mol. The zero-order chi connectivity index (χ0) is 13.8. The van der Waals surface area contributed by atoms with Gasteiger partial charge in [-0.1, -0.05) is 18.2 Å². The molecule has 0 saturated carbocycles. The molecule has 4 nitrogen and oxygen atoms in total. The van der Waals surface area contributed by atoms with Crippen LogP contribution in [0.4, 0.5) is 0 Å². The summed E-state index contributed by atoms with van der Waals surface area (Å²) in [7, 11) is 0. The number of aliphatic hydroxyl groups excluding tert-OH is 1. The Morgan fingerprint density at radius 2 is 2.05 bits per heavy atom. The first kappa shape index (κ1) is 13.2.